The summed E-state index contributed by atoms with van der Waals surface area (Å²) in [5.41, 5.74) is 0.819. The number of nitrogens with one attached hydrogen (secondary N) is 1. The third-order valence-corrected chi connectivity index (χ3v) is 2.22. The molecule has 0 bridgehead atoms. The Morgan fingerprint density at radius 2 is 2.14 bits per heavy atom. The molecule has 0 radical (unpaired) electrons. The summed E-state index contributed by atoms with van der Waals surface area (Å²) in [6.45, 7) is 0.354. The maximum absolute atomic E-state index is 8.61. The first-order chi connectivity index (χ1) is 6.69. The van der Waals surface area contributed by atoms with Crippen molar-refractivity contribution in [3.05, 3.63) is 27.7 Å². The van der Waals surface area contributed by atoms with Crippen LogP contribution in [0.3, 0.4) is 0 Å². The van der Waals surface area contributed by atoms with Crippen molar-refractivity contribution < 1.29 is 9.84 Å². The predicted octanol–water partition coefficient (Wildman–Crippen LogP) is 2.04. The van der Waals surface area contributed by atoms with Crippen LogP contribution in [0.5, 0.6) is 5.75 Å². The Bertz CT molecular complexity index is 318. The highest BCUT2D eigenvalue weighted by Gasteiger charge is 2.08. The largest absolute Gasteiger partial charge is 0.495 e. The monoisotopic (exact) mass is 235 g/mol. The van der Waals surface area contributed by atoms with Crippen molar-refractivity contribution in [3.8, 4) is 5.75 Å². The number of halogens is 2. The average molecular weight is 236 g/mol. The van der Waals surface area contributed by atoms with Crippen molar-refractivity contribution in [2.45, 2.75) is 6.54 Å². The van der Waals surface area contributed by atoms with Crippen molar-refractivity contribution in [2.24, 2.45) is 0 Å². The van der Waals surface area contributed by atoms with Gasteiger partial charge in [-0.2, -0.15) is 0 Å². The van der Waals surface area contributed by atoms with Gasteiger partial charge in [-0.15, -0.1) is 0 Å². The van der Waals surface area contributed by atoms with Gasteiger partial charge < -0.3 is 9.84 Å². The van der Waals surface area contributed by atoms with Crippen LogP contribution in [0.1, 0.15) is 5.56 Å². The molecule has 1 aromatic carbocycles. The van der Waals surface area contributed by atoms with Gasteiger partial charge in [0.25, 0.3) is 0 Å². The van der Waals surface area contributed by atoms with Crippen molar-refractivity contribution in [1.29, 1.82) is 0 Å². The molecule has 0 aliphatic carbocycles. The zero-order chi connectivity index (χ0) is 10.6. The lowest BCUT2D eigenvalue weighted by atomic mass is 10.2. The standard InChI is InChI=1S/C9H11Cl2NO2/c1-14-9-6(4-12-5-13)2-7(10)3-8(9)11/h2-3,12-13H,4-5H2,1H3. The van der Waals surface area contributed by atoms with Gasteiger partial charge in [0.1, 0.15) is 5.75 Å². The lowest BCUT2D eigenvalue weighted by molar-refractivity contribution is 0.258. The number of rotatable bonds is 4. The van der Waals surface area contributed by atoms with E-state index in [1.807, 2.05) is 0 Å². The van der Waals surface area contributed by atoms with E-state index in [1.165, 1.54) is 7.11 Å². The molecule has 0 spiro atoms. The fourth-order valence-corrected chi connectivity index (χ4v) is 1.78. The van der Waals surface area contributed by atoms with Crippen molar-refractivity contribution >= 4 is 23.2 Å². The summed E-state index contributed by atoms with van der Waals surface area (Å²) in [5.74, 6) is 0.581. The van der Waals surface area contributed by atoms with Gasteiger partial charge in [-0.3, -0.25) is 5.32 Å². The van der Waals surface area contributed by atoms with E-state index in [-0.39, 0.29) is 6.73 Å². The fraction of sp³-hybridized carbons (Fsp3) is 0.333. The summed E-state index contributed by atoms with van der Waals surface area (Å²) in [5, 5.41) is 12.4. The number of hydrogen-bond donors (Lipinski definition) is 2. The van der Waals surface area contributed by atoms with Gasteiger partial charge >= 0.3 is 0 Å². The molecule has 0 saturated carbocycles. The molecule has 0 unspecified atom stereocenters. The third kappa shape index (κ3) is 2.75. The molecule has 78 valence electrons. The van der Waals surface area contributed by atoms with Crippen LogP contribution in [0.15, 0.2) is 12.1 Å². The third-order valence-electron chi connectivity index (χ3n) is 1.72. The lowest BCUT2D eigenvalue weighted by Gasteiger charge is -2.10. The van der Waals surface area contributed by atoms with Gasteiger partial charge in [0.2, 0.25) is 0 Å². The second-order valence-corrected chi connectivity index (χ2v) is 3.51. The van der Waals surface area contributed by atoms with Crippen LogP contribution in [0.25, 0.3) is 0 Å². The molecular weight excluding hydrogens is 225 g/mol. The summed E-state index contributed by atoms with van der Waals surface area (Å²) in [4.78, 5) is 0. The van der Waals surface area contributed by atoms with E-state index in [0.717, 1.165) is 5.56 Å². The Labute approximate surface area is 92.6 Å². The number of methoxy groups -OCH3 is 1. The Morgan fingerprint density at radius 3 is 2.71 bits per heavy atom. The molecule has 0 amide bonds. The molecule has 14 heavy (non-hydrogen) atoms. The molecule has 1 rings (SSSR count). The zero-order valence-electron chi connectivity index (χ0n) is 7.68. The highest BCUT2D eigenvalue weighted by Crippen LogP contribution is 2.31. The highest BCUT2D eigenvalue weighted by atomic mass is 35.5. The van der Waals surface area contributed by atoms with Crippen LogP contribution in [-0.2, 0) is 6.54 Å². The predicted molar refractivity (Wildman–Crippen MR) is 56.9 cm³/mol. The number of ether oxygens (including phenoxy) is 1. The highest BCUT2D eigenvalue weighted by molar-refractivity contribution is 6.35. The van der Waals surface area contributed by atoms with Gasteiger partial charge in [0.05, 0.1) is 18.9 Å². The van der Waals surface area contributed by atoms with Gasteiger partial charge in [-0.05, 0) is 12.1 Å². The van der Waals surface area contributed by atoms with Crippen LogP contribution in [0, 0.1) is 0 Å². The molecule has 0 heterocycles. The van der Waals surface area contributed by atoms with E-state index >= 15 is 0 Å². The Hall–Kier alpha value is -0.480. The summed E-state index contributed by atoms with van der Waals surface area (Å²) < 4.78 is 5.12. The van der Waals surface area contributed by atoms with Crippen LogP contribution >= 0.6 is 23.2 Å². The van der Waals surface area contributed by atoms with E-state index in [2.05, 4.69) is 5.32 Å². The quantitative estimate of drug-likeness (QED) is 0.786. The molecule has 1 aromatic rings. The van der Waals surface area contributed by atoms with Gasteiger partial charge in [-0.25, -0.2) is 0 Å². The first-order valence-corrected chi connectivity index (χ1v) is 4.78. The van der Waals surface area contributed by atoms with Crippen molar-refractivity contribution in [2.75, 3.05) is 13.8 Å². The lowest BCUT2D eigenvalue weighted by Crippen LogP contribution is -2.14. The molecule has 0 fully saturated rings. The molecular formula is C9H11Cl2NO2. The Balaban J connectivity index is 2.99. The van der Waals surface area contributed by atoms with Crippen molar-refractivity contribution in [3.63, 3.8) is 0 Å². The summed E-state index contributed by atoms with van der Waals surface area (Å²) in [6, 6.07) is 3.36. The van der Waals surface area contributed by atoms with Crippen LogP contribution < -0.4 is 10.1 Å². The maximum Gasteiger partial charge on any atom is 0.142 e. The normalized spacial score (nSPS) is 10.3. The Kier molecular flexibility index (Phi) is 4.48. The summed E-state index contributed by atoms with van der Waals surface area (Å²) in [6.07, 6.45) is 0. The smallest absolute Gasteiger partial charge is 0.142 e. The number of hydrogen-bond acceptors (Lipinski definition) is 3. The molecule has 5 heteroatoms. The minimum atomic E-state index is -0.104. The summed E-state index contributed by atoms with van der Waals surface area (Å²) >= 11 is 11.7. The SMILES string of the molecule is COc1c(Cl)cc(Cl)cc1CNCO. The average Bonchev–Trinajstić information content (AvgIpc) is 2.14. The maximum atomic E-state index is 8.61. The van der Waals surface area contributed by atoms with E-state index < -0.39 is 0 Å². The molecule has 0 saturated heterocycles. The van der Waals surface area contributed by atoms with Gasteiger partial charge in [-0.1, -0.05) is 23.2 Å². The van der Waals surface area contributed by atoms with E-state index in [1.54, 1.807) is 12.1 Å². The summed E-state index contributed by atoms with van der Waals surface area (Å²) in [7, 11) is 1.54. The fourth-order valence-electron chi connectivity index (χ4n) is 1.16. The zero-order valence-corrected chi connectivity index (χ0v) is 9.19. The topological polar surface area (TPSA) is 41.5 Å². The minimum Gasteiger partial charge on any atom is -0.495 e. The van der Waals surface area contributed by atoms with Crippen LogP contribution in [0.4, 0.5) is 0 Å². The van der Waals surface area contributed by atoms with Gasteiger partial charge in [0.15, 0.2) is 0 Å². The second-order valence-electron chi connectivity index (χ2n) is 2.66. The molecule has 0 aliphatic rings. The van der Waals surface area contributed by atoms with Crippen molar-refractivity contribution in [1.82, 2.24) is 5.32 Å². The molecule has 2 N–H and O–H groups in total. The van der Waals surface area contributed by atoms with Gasteiger partial charge in [0, 0.05) is 17.1 Å². The van der Waals surface area contributed by atoms with Crippen LogP contribution in [-0.4, -0.2) is 18.9 Å². The minimum absolute atomic E-state index is 0.104. The second kappa shape index (κ2) is 5.41. The first kappa shape index (κ1) is 11.6. The molecule has 3 nitrogen and oxygen atoms in total. The first-order valence-electron chi connectivity index (χ1n) is 4.02. The van der Waals surface area contributed by atoms with E-state index in [0.29, 0.717) is 22.3 Å². The molecule has 0 atom stereocenters. The van der Waals surface area contributed by atoms with E-state index in [9.17, 15) is 0 Å². The number of aliphatic hydroxyl groups is 1. The van der Waals surface area contributed by atoms with E-state index in [4.69, 9.17) is 33.0 Å². The molecule has 0 aliphatic heterocycles. The number of benzene rings is 1. The Morgan fingerprint density at radius 1 is 1.43 bits per heavy atom. The molecule has 0 aromatic heterocycles. The number of aliphatic hydroxyl groups excluding tert-OH is 1. The van der Waals surface area contributed by atoms with Crippen LogP contribution in [0.2, 0.25) is 10.0 Å².